The molecule has 9 heteroatoms. The molecule has 110 valence electrons. The number of nitrogens with two attached hydrogens (primary N) is 1. The van der Waals surface area contributed by atoms with E-state index in [2.05, 4.69) is 6.58 Å². The van der Waals surface area contributed by atoms with Crippen LogP contribution in [0.3, 0.4) is 0 Å². The highest BCUT2D eigenvalue weighted by Crippen LogP contribution is 1.87. The number of nitrogens with zero attached hydrogens (tertiary/aromatic N) is 1. The Morgan fingerprint density at radius 1 is 0.947 bits per heavy atom. The second kappa shape index (κ2) is 11.0. The molecule has 0 aromatic heterocycles. The molecule has 9 nitrogen and oxygen atoms in total. The van der Waals surface area contributed by atoms with Crippen molar-refractivity contribution in [3.63, 3.8) is 0 Å². The van der Waals surface area contributed by atoms with Gasteiger partial charge < -0.3 is 26.2 Å². The van der Waals surface area contributed by atoms with Crippen molar-refractivity contribution in [3.8, 4) is 0 Å². The van der Waals surface area contributed by atoms with E-state index < -0.39 is 37.5 Å². The van der Waals surface area contributed by atoms with Crippen LogP contribution in [0.25, 0.3) is 0 Å². The van der Waals surface area contributed by atoms with E-state index >= 15 is 0 Å². The number of carboxylic acid groups (broad SMARTS) is 3. The van der Waals surface area contributed by atoms with Crippen LogP contribution in [0, 0.1) is 0 Å². The summed E-state index contributed by atoms with van der Waals surface area (Å²) in [4.78, 5) is 31.2. The zero-order valence-electron chi connectivity index (χ0n) is 10.3. The molecule has 6 N–H and O–H groups in total. The van der Waals surface area contributed by atoms with Gasteiger partial charge in [0.25, 0.3) is 0 Å². The predicted molar refractivity (Wildman–Crippen MR) is 64.4 cm³/mol. The maximum atomic E-state index is 10.1. The summed E-state index contributed by atoms with van der Waals surface area (Å²) in [5, 5.41) is 32.9. The van der Waals surface area contributed by atoms with Gasteiger partial charge in [-0.05, 0) is 0 Å². The third kappa shape index (κ3) is 18.4. The average molecular weight is 278 g/mol. The van der Waals surface area contributed by atoms with Gasteiger partial charge in [0.05, 0.1) is 19.6 Å². The quantitative estimate of drug-likeness (QED) is 0.351. The van der Waals surface area contributed by atoms with Crippen molar-refractivity contribution in [1.82, 2.24) is 4.90 Å². The third-order valence-electron chi connectivity index (χ3n) is 1.51. The first-order chi connectivity index (χ1) is 8.68. The molecule has 0 unspecified atom stereocenters. The van der Waals surface area contributed by atoms with Crippen LogP contribution in [0.4, 0.5) is 0 Å². The zero-order valence-corrected chi connectivity index (χ0v) is 10.3. The number of aliphatic carboxylic acids is 3. The molecule has 0 fully saturated rings. The lowest BCUT2D eigenvalue weighted by Crippen LogP contribution is -2.38. The van der Waals surface area contributed by atoms with E-state index in [4.69, 9.17) is 26.2 Å². The molecule has 0 bridgehead atoms. The molecular weight excluding hydrogens is 260 g/mol. The van der Waals surface area contributed by atoms with E-state index in [1.54, 1.807) is 0 Å². The maximum Gasteiger partial charge on any atom is 0.317 e. The van der Waals surface area contributed by atoms with Crippen molar-refractivity contribution < 1.29 is 34.8 Å². The maximum absolute atomic E-state index is 10.1. The number of hydrogen-bond acceptors (Lipinski definition) is 6. The Morgan fingerprint density at radius 3 is 1.37 bits per heavy atom. The third-order valence-corrected chi connectivity index (χ3v) is 1.51. The highest BCUT2D eigenvalue weighted by molar-refractivity contribution is 5.75. The first-order valence-corrected chi connectivity index (χ1v) is 5.10. The second-order valence-corrected chi connectivity index (χ2v) is 3.46. The zero-order chi connectivity index (χ0) is 15.4. The smallest absolute Gasteiger partial charge is 0.317 e. The fraction of sp³-hybridized carbons (Fsp3) is 0.500. The van der Waals surface area contributed by atoms with Crippen LogP contribution in [-0.2, 0) is 14.4 Å². The Labute approximate surface area is 109 Å². The molecule has 0 spiro atoms. The number of aliphatic hydroxyl groups is 1. The van der Waals surface area contributed by atoms with E-state index in [0.717, 1.165) is 4.90 Å². The lowest BCUT2D eigenvalue weighted by atomic mass is 10.4. The van der Waals surface area contributed by atoms with Gasteiger partial charge in [-0.25, -0.2) is 0 Å². The lowest BCUT2D eigenvalue weighted by Gasteiger charge is -2.14. The minimum absolute atomic E-state index is 0.106. The molecule has 0 rings (SSSR count). The standard InChI is InChI=1S/C6H9NO6.C4H9NO/c8-4(9)1-7(2-5(10)11)3-6(12)13;1-4(5)2-3-6/h1-3H2,(H,8,9)(H,10,11)(H,12,13);6H,1-3,5H2. The Hall–Kier alpha value is -2.13. The van der Waals surface area contributed by atoms with Gasteiger partial charge in [0.15, 0.2) is 0 Å². The SMILES string of the molecule is C=C(N)CCO.O=C(O)CN(CC(=O)O)CC(=O)O. The number of rotatable bonds is 8. The molecule has 0 aliphatic rings. The first kappa shape index (κ1) is 19.2. The monoisotopic (exact) mass is 278 g/mol. The van der Waals surface area contributed by atoms with Crippen molar-refractivity contribution in [2.45, 2.75) is 6.42 Å². The van der Waals surface area contributed by atoms with Crippen molar-refractivity contribution in [2.24, 2.45) is 5.73 Å². The van der Waals surface area contributed by atoms with Gasteiger partial charge in [-0.3, -0.25) is 19.3 Å². The minimum atomic E-state index is -1.26. The van der Waals surface area contributed by atoms with Crippen LogP contribution < -0.4 is 5.73 Å². The summed E-state index contributed by atoms with van der Waals surface area (Å²) in [5.41, 5.74) is 5.59. The lowest BCUT2D eigenvalue weighted by molar-refractivity contribution is -0.144. The predicted octanol–water partition coefficient (Wildman–Crippen LogP) is -1.62. The van der Waals surface area contributed by atoms with Crippen molar-refractivity contribution in [2.75, 3.05) is 26.2 Å². The second-order valence-electron chi connectivity index (χ2n) is 3.46. The summed E-state index contributed by atoms with van der Waals surface area (Å²) in [5.74, 6) is -3.78. The molecule has 19 heavy (non-hydrogen) atoms. The Morgan fingerprint density at radius 2 is 1.26 bits per heavy atom. The molecule has 0 amide bonds. The molecular formula is C10H18N2O7. The molecule has 0 aliphatic heterocycles. The van der Waals surface area contributed by atoms with Gasteiger partial charge in [-0.2, -0.15) is 0 Å². The largest absolute Gasteiger partial charge is 0.480 e. The molecule has 0 aliphatic carbocycles. The summed E-state index contributed by atoms with van der Waals surface area (Å²) >= 11 is 0. The van der Waals surface area contributed by atoms with Crippen LogP contribution >= 0.6 is 0 Å². The van der Waals surface area contributed by atoms with Crippen molar-refractivity contribution in [1.29, 1.82) is 0 Å². The van der Waals surface area contributed by atoms with Gasteiger partial charge in [0.2, 0.25) is 0 Å². The van der Waals surface area contributed by atoms with Gasteiger partial charge in [-0.15, -0.1) is 0 Å². The number of hydrogen-bond donors (Lipinski definition) is 5. The fourth-order valence-corrected chi connectivity index (χ4v) is 0.885. The topological polar surface area (TPSA) is 161 Å². The summed E-state index contributed by atoms with van der Waals surface area (Å²) in [6.45, 7) is 1.67. The molecule has 0 aromatic carbocycles. The summed E-state index contributed by atoms with van der Waals surface area (Å²) in [6, 6.07) is 0. The first-order valence-electron chi connectivity index (χ1n) is 5.10. The Kier molecular flexibility index (Phi) is 11.1. The molecule has 0 atom stereocenters. The van der Waals surface area contributed by atoms with Crippen LogP contribution in [0.15, 0.2) is 12.3 Å². The van der Waals surface area contributed by atoms with Crippen molar-refractivity contribution in [3.05, 3.63) is 12.3 Å². The normalized spacial score (nSPS) is 9.37. The Balaban J connectivity index is 0. The van der Waals surface area contributed by atoms with E-state index in [-0.39, 0.29) is 6.61 Å². The number of carboxylic acids is 3. The fourth-order valence-electron chi connectivity index (χ4n) is 0.885. The molecule has 0 saturated heterocycles. The number of carbonyl (C=O) groups is 3. The Bertz CT molecular complexity index is 292. The van der Waals surface area contributed by atoms with Gasteiger partial charge in [-0.1, -0.05) is 6.58 Å². The summed E-state index contributed by atoms with van der Waals surface area (Å²) in [7, 11) is 0. The van der Waals surface area contributed by atoms with Crippen LogP contribution in [0.2, 0.25) is 0 Å². The number of aliphatic hydroxyl groups excluding tert-OH is 1. The van der Waals surface area contributed by atoms with E-state index in [0.29, 0.717) is 12.1 Å². The highest BCUT2D eigenvalue weighted by atomic mass is 16.4. The summed E-state index contributed by atoms with van der Waals surface area (Å²) < 4.78 is 0. The van der Waals surface area contributed by atoms with E-state index in [1.807, 2.05) is 0 Å². The molecule has 0 radical (unpaired) electrons. The van der Waals surface area contributed by atoms with Gasteiger partial charge in [0, 0.05) is 18.7 Å². The average Bonchev–Trinajstić information content (AvgIpc) is 2.13. The van der Waals surface area contributed by atoms with Gasteiger partial charge in [0.1, 0.15) is 0 Å². The molecule has 0 aromatic rings. The van der Waals surface area contributed by atoms with Gasteiger partial charge >= 0.3 is 17.9 Å². The van der Waals surface area contributed by atoms with Crippen LogP contribution in [0.1, 0.15) is 6.42 Å². The summed E-state index contributed by atoms with van der Waals surface area (Å²) in [6.07, 6.45) is 0.514. The molecule has 0 heterocycles. The van der Waals surface area contributed by atoms with Crippen molar-refractivity contribution >= 4 is 17.9 Å². The van der Waals surface area contributed by atoms with E-state index in [1.165, 1.54) is 0 Å². The molecule has 0 saturated carbocycles. The van der Waals surface area contributed by atoms with Crippen LogP contribution in [-0.4, -0.2) is 69.5 Å². The highest BCUT2D eigenvalue weighted by Gasteiger charge is 2.15. The minimum Gasteiger partial charge on any atom is -0.480 e. The van der Waals surface area contributed by atoms with Crippen LogP contribution in [0.5, 0.6) is 0 Å². The van der Waals surface area contributed by atoms with E-state index in [9.17, 15) is 14.4 Å².